The van der Waals surface area contributed by atoms with Gasteiger partial charge in [0.2, 0.25) is 0 Å². The van der Waals surface area contributed by atoms with Crippen LogP contribution in [0.25, 0.3) is 99.9 Å². The van der Waals surface area contributed by atoms with Crippen LogP contribution in [0.3, 0.4) is 0 Å². The van der Waals surface area contributed by atoms with Crippen LogP contribution in [0.5, 0.6) is 0 Å². The van der Waals surface area contributed by atoms with E-state index in [0.717, 1.165) is 49.5 Å². The van der Waals surface area contributed by atoms with Gasteiger partial charge in [-0.05, 0) is 82.9 Å². The number of hydrogen-bond donors (Lipinski definition) is 0. The van der Waals surface area contributed by atoms with Gasteiger partial charge in [-0.15, -0.1) is 0 Å². The molecule has 1 aromatic heterocycles. The van der Waals surface area contributed by atoms with Crippen LogP contribution < -0.4 is 0 Å². The highest BCUT2D eigenvalue weighted by molar-refractivity contribution is 6.19. The van der Waals surface area contributed by atoms with Gasteiger partial charge >= 0.3 is 0 Å². The molecule has 11 rings (SSSR count). The molecule has 0 aliphatic heterocycles. The van der Waals surface area contributed by atoms with Crippen molar-refractivity contribution in [3.8, 4) is 67.5 Å². The van der Waals surface area contributed by atoms with Gasteiger partial charge in [0.15, 0.2) is 17.5 Å². The van der Waals surface area contributed by atoms with Crippen LogP contribution in [-0.4, -0.2) is 15.0 Å². The van der Waals surface area contributed by atoms with Crippen molar-refractivity contribution in [2.24, 2.45) is 0 Å². The summed E-state index contributed by atoms with van der Waals surface area (Å²) in [4.78, 5) is 16.4. The van der Waals surface area contributed by atoms with Gasteiger partial charge in [0.05, 0.1) is 0 Å². The lowest BCUT2D eigenvalue weighted by Gasteiger charge is -2.22. The monoisotopic (exact) mass is 727 g/mol. The topological polar surface area (TPSA) is 38.7 Å². The van der Waals surface area contributed by atoms with E-state index in [9.17, 15) is 0 Å². The standard InChI is InChI=1S/C54H37N3/c1-54(2)47-29-15-14-27-45(47)49-41(28-16-30-48(49)54)40-24-11-13-26-44(40)52-55-51(43-25-12-10-21-37(43)34-17-4-3-5-18-34)56-53(57-52)50-39-23-9-7-20-36(39)33-46-38-22-8-6-19-35(38)31-32-42(46)50/h3-33H,1-2H3. The van der Waals surface area contributed by atoms with E-state index in [-0.39, 0.29) is 5.41 Å². The Morgan fingerprint density at radius 1 is 0.316 bits per heavy atom. The van der Waals surface area contributed by atoms with Crippen molar-refractivity contribution in [2.45, 2.75) is 19.3 Å². The van der Waals surface area contributed by atoms with E-state index < -0.39 is 0 Å². The molecule has 3 nitrogen and oxygen atoms in total. The Kier molecular flexibility index (Phi) is 7.52. The minimum Gasteiger partial charge on any atom is -0.208 e. The summed E-state index contributed by atoms with van der Waals surface area (Å²) in [5.41, 5.74) is 12.5. The lowest BCUT2D eigenvalue weighted by Crippen LogP contribution is -2.14. The third-order valence-electron chi connectivity index (χ3n) is 11.9. The number of fused-ring (bicyclic) bond motifs is 7. The summed E-state index contributed by atoms with van der Waals surface area (Å²) in [5, 5.41) is 6.95. The fourth-order valence-corrected chi connectivity index (χ4v) is 9.23. The van der Waals surface area contributed by atoms with Gasteiger partial charge in [0.1, 0.15) is 0 Å². The molecule has 0 saturated heterocycles. The second-order valence-corrected chi connectivity index (χ2v) is 15.5. The van der Waals surface area contributed by atoms with Crippen molar-refractivity contribution in [3.05, 3.63) is 199 Å². The molecule has 1 aliphatic carbocycles. The molecular weight excluding hydrogens is 691 g/mol. The average Bonchev–Trinajstić information content (AvgIpc) is 3.51. The van der Waals surface area contributed by atoms with E-state index >= 15 is 0 Å². The number of benzene rings is 9. The highest BCUT2D eigenvalue weighted by atomic mass is 15.0. The second-order valence-electron chi connectivity index (χ2n) is 15.5. The maximum Gasteiger partial charge on any atom is 0.165 e. The molecule has 57 heavy (non-hydrogen) atoms. The van der Waals surface area contributed by atoms with Gasteiger partial charge < -0.3 is 0 Å². The average molecular weight is 728 g/mol. The molecule has 1 heterocycles. The Labute approximate surface area is 332 Å². The highest BCUT2D eigenvalue weighted by Gasteiger charge is 2.37. The molecule has 0 fully saturated rings. The van der Waals surface area contributed by atoms with Crippen molar-refractivity contribution >= 4 is 32.3 Å². The first kappa shape index (κ1) is 33.1. The molecule has 3 heteroatoms. The van der Waals surface area contributed by atoms with Crippen LogP contribution >= 0.6 is 0 Å². The lowest BCUT2D eigenvalue weighted by atomic mass is 9.82. The largest absolute Gasteiger partial charge is 0.208 e. The molecule has 0 N–H and O–H groups in total. The van der Waals surface area contributed by atoms with Crippen LogP contribution in [-0.2, 0) is 5.41 Å². The number of nitrogens with zero attached hydrogens (tertiary/aromatic N) is 3. The van der Waals surface area contributed by atoms with Crippen molar-refractivity contribution in [2.75, 3.05) is 0 Å². The van der Waals surface area contributed by atoms with Crippen molar-refractivity contribution in [3.63, 3.8) is 0 Å². The van der Waals surface area contributed by atoms with Gasteiger partial charge in [-0.3, -0.25) is 0 Å². The first-order chi connectivity index (χ1) is 28.0. The molecule has 0 unspecified atom stereocenters. The SMILES string of the molecule is CC1(C)c2ccccc2-c2c(-c3ccccc3-c3nc(-c4ccccc4-c4ccccc4)nc(-c4c5ccccc5cc5c4ccc4ccccc45)n3)cccc21. The summed E-state index contributed by atoms with van der Waals surface area (Å²) in [6, 6.07) is 67.2. The molecule has 0 atom stereocenters. The number of rotatable bonds is 5. The van der Waals surface area contributed by atoms with Gasteiger partial charge in [-0.25, -0.2) is 15.0 Å². The molecule has 268 valence electrons. The maximum atomic E-state index is 5.51. The lowest BCUT2D eigenvalue weighted by molar-refractivity contribution is 0.660. The molecule has 0 amide bonds. The smallest absolute Gasteiger partial charge is 0.165 e. The Bertz CT molecular complexity index is 3220. The van der Waals surface area contributed by atoms with Crippen LogP contribution in [0.4, 0.5) is 0 Å². The van der Waals surface area contributed by atoms with Crippen LogP contribution in [0.15, 0.2) is 188 Å². The fraction of sp³-hybridized carbons (Fsp3) is 0.0556. The Balaban J connectivity index is 1.23. The highest BCUT2D eigenvalue weighted by Crippen LogP contribution is 2.53. The van der Waals surface area contributed by atoms with E-state index in [4.69, 9.17) is 15.0 Å². The van der Waals surface area contributed by atoms with E-state index in [0.29, 0.717) is 17.5 Å². The summed E-state index contributed by atoms with van der Waals surface area (Å²) in [5.74, 6) is 1.92. The summed E-state index contributed by atoms with van der Waals surface area (Å²) in [6.07, 6.45) is 0. The van der Waals surface area contributed by atoms with E-state index in [1.54, 1.807) is 0 Å². The normalized spacial score (nSPS) is 12.9. The second kappa shape index (κ2) is 12.9. The third kappa shape index (κ3) is 5.23. The molecular formula is C54H37N3. The zero-order valence-corrected chi connectivity index (χ0v) is 31.7. The molecule has 1 aliphatic rings. The van der Waals surface area contributed by atoms with Gasteiger partial charge in [-0.2, -0.15) is 0 Å². The number of hydrogen-bond acceptors (Lipinski definition) is 3. The quantitative estimate of drug-likeness (QED) is 0.131. The summed E-state index contributed by atoms with van der Waals surface area (Å²) >= 11 is 0. The predicted molar refractivity (Wildman–Crippen MR) is 237 cm³/mol. The first-order valence-corrected chi connectivity index (χ1v) is 19.6. The molecule has 10 aromatic rings. The third-order valence-corrected chi connectivity index (χ3v) is 11.9. The van der Waals surface area contributed by atoms with Crippen molar-refractivity contribution in [1.29, 1.82) is 0 Å². The maximum absolute atomic E-state index is 5.51. The summed E-state index contributed by atoms with van der Waals surface area (Å²) in [7, 11) is 0. The van der Waals surface area contributed by atoms with E-state index in [2.05, 4.69) is 202 Å². The Morgan fingerprint density at radius 2 is 0.860 bits per heavy atom. The van der Waals surface area contributed by atoms with Gasteiger partial charge in [-0.1, -0.05) is 196 Å². The predicted octanol–water partition coefficient (Wildman–Crippen LogP) is 14.0. The van der Waals surface area contributed by atoms with Gasteiger partial charge in [0, 0.05) is 22.1 Å². The van der Waals surface area contributed by atoms with Crippen LogP contribution in [0.2, 0.25) is 0 Å². The Morgan fingerprint density at radius 3 is 1.63 bits per heavy atom. The minimum atomic E-state index is -0.120. The first-order valence-electron chi connectivity index (χ1n) is 19.6. The Hall–Kier alpha value is -7.23. The molecule has 0 bridgehead atoms. The molecule has 0 saturated carbocycles. The zero-order valence-electron chi connectivity index (χ0n) is 31.7. The molecule has 9 aromatic carbocycles. The molecule has 0 radical (unpaired) electrons. The molecule has 0 spiro atoms. The number of aromatic nitrogens is 3. The summed E-state index contributed by atoms with van der Waals surface area (Å²) in [6.45, 7) is 4.67. The van der Waals surface area contributed by atoms with Crippen LogP contribution in [0, 0.1) is 0 Å². The fourth-order valence-electron chi connectivity index (χ4n) is 9.23. The van der Waals surface area contributed by atoms with E-state index in [1.807, 2.05) is 0 Å². The van der Waals surface area contributed by atoms with Crippen molar-refractivity contribution < 1.29 is 0 Å². The summed E-state index contributed by atoms with van der Waals surface area (Å²) < 4.78 is 0. The van der Waals surface area contributed by atoms with E-state index in [1.165, 1.54) is 44.0 Å². The minimum absolute atomic E-state index is 0.120. The van der Waals surface area contributed by atoms with Gasteiger partial charge in [0.25, 0.3) is 0 Å². The zero-order chi connectivity index (χ0) is 38.1. The van der Waals surface area contributed by atoms with Crippen molar-refractivity contribution in [1.82, 2.24) is 15.0 Å². The van der Waals surface area contributed by atoms with Crippen LogP contribution in [0.1, 0.15) is 25.0 Å².